The van der Waals surface area contributed by atoms with Gasteiger partial charge in [0.1, 0.15) is 17.8 Å². The Hall–Kier alpha value is -3.96. The molecule has 1 aliphatic heterocycles. The van der Waals surface area contributed by atoms with Crippen LogP contribution in [0.1, 0.15) is 49.1 Å². The summed E-state index contributed by atoms with van der Waals surface area (Å²) in [4.78, 5) is 27.4. The minimum absolute atomic E-state index is 0.113. The van der Waals surface area contributed by atoms with E-state index in [1.165, 1.54) is 0 Å². The van der Waals surface area contributed by atoms with Gasteiger partial charge in [-0.3, -0.25) is 4.79 Å². The van der Waals surface area contributed by atoms with Crippen molar-refractivity contribution in [2.24, 2.45) is 5.10 Å². The monoisotopic (exact) mass is 472 g/mol. The van der Waals surface area contributed by atoms with Crippen LogP contribution in [0, 0.1) is 11.3 Å². The highest BCUT2D eigenvalue weighted by atomic mass is 16.4. The smallest absolute Gasteiger partial charge is 0.343 e. The van der Waals surface area contributed by atoms with Crippen molar-refractivity contribution in [1.29, 1.82) is 5.26 Å². The number of nitriles is 1. The highest BCUT2D eigenvalue weighted by Gasteiger charge is 2.26. The van der Waals surface area contributed by atoms with Gasteiger partial charge in [0.05, 0.1) is 17.0 Å². The van der Waals surface area contributed by atoms with Gasteiger partial charge >= 0.3 is 5.63 Å². The van der Waals surface area contributed by atoms with Crippen molar-refractivity contribution < 1.29 is 14.3 Å². The number of benzene rings is 2. The lowest BCUT2D eigenvalue weighted by Crippen LogP contribution is -2.26. The molecule has 0 unspecified atom stereocenters. The molecule has 2 N–H and O–H groups in total. The number of hydrazone groups is 1. The third-order valence-electron chi connectivity index (χ3n) is 6.30. The number of likely N-dealkylation sites (tertiary alicyclic amines) is 1. The largest absolute Gasteiger partial charge is 0.507 e. The second-order valence-corrected chi connectivity index (χ2v) is 8.66. The summed E-state index contributed by atoms with van der Waals surface area (Å²) in [6.45, 7) is 2.81. The summed E-state index contributed by atoms with van der Waals surface area (Å²) >= 11 is 0. The van der Waals surface area contributed by atoms with Crippen molar-refractivity contribution in [3.63, 3.8) is 0 Å². The molecule has 1 atom stereocenters. The summed E-state index contributed by atoms with van der Waals surface area (Å²) in [5, 5.41) is 24.8. The van der Waals surface area contributed by atoms with E-state index in [1.54, 1.807) is 24.3 Å². The lowest BCUT2D eigenvalue weighted by atomic mass is 9.86. The highest BCUT2D eigenvalue weighted by molar-refractivity contribution is 5.89. The highest BCUT2D eigenvalue weighted by Crippen LogP contribution is 2.36. The Balaban J connectivity index is 1.72. The van der Waals surface area contributed by atoms with E-state index in [0.717, 1.165) is 38.0 Å². The first-order chi connectivity index (χ1) is 17.1. The molecule has 1 aromatic heterocycles. The Bertz CT molecular complexity index is 1300. The van der Waals surface area contributed by atoms with Crippen molar-refractivity contribution in [1.82, 2.24) is 10.3 Å². The molecule has 1 aliphatic rings. The van der Waals surface area contributed by atoms with Crippen LogP contribution in [0.3, 0.4) is 0 Å². The summed E-state index contributed by atoms with van der Waals surface area (Å²) in [6, 6.07) is 18.1. The zero-order chi connectivity index (χ0) is 24.6. The Morgan fingerprint density at radius 2 is 1.86 bits per heavy atom. The third kappa shape index (κ3) is 5.94. The van der Waals surface area contributed by atoms with Crippen molar-refractivity contribution >= 4 is 22.6 Å². The molecule has 8 heteroatoms. The lowest BCUT2D eigenvalue weighted by molar-refractivity contribution is -0.120. The van der Waals surface area contributed by atoms with Gasteiger partial charge in [0.15, 0.2) is 0 Å². The molecule has 0 bridgehead atoms. The minimum Gasteiger partial charge on any atom is -0.507 e. The van der Waals surface area contributed by atoms with Crippen LogP contribution in [0.5, 0.6) is 5.75 Å². The van der Waals surface area contributed by atoms with Gasteiger partial charge in [-0.25, -0.2) is 10.2 Å². The molecule has 180 valence electrons. The fraction of sp³-hybridized carbons (Fsp3) is 0.333. The molecule has 1 amide bonds. The molecule has 3 aromatic rings. The van der Waals surface area contributed by atoms with Gasteiger partial charge < -0.3 is 14.4 Å². The Morgan fingerprint density at radius 3 is 2.60 bits per heavy atom. The van der Waals surface area contributed by atoms with Gasteiger partial charge in [-0.15, -0.1) is 0 Å². The number of para-hydroxylation sites is 1. The Kier molecular flexibility index (Phi) is 7.91. The molecular formula is C27H28N4O4. The first-order valence-electron chi connectivity index (χ1n) is 11.8. The number of carbonyl (C=O) groups excluding carboxylic acids is 1. The SMILES string of the molecule is N#CCC(=O)N/N=C(/CCN1CCCC1)C[C@H](c1ccccc1)c1c(O)c2ccccc2oc1=O. The van der Waals surface area contributed by atoms with E-state index in [2.05, 4.69) is 15.4 Å². The van der Waals surface area contributed by atoms with Crippen LogP contribution in [0.2, 0.25) is 0 Å². The van der Waals surface area contributed by atoms with Crippen LogP contribution >= 0.6 is 0 Å². The van der Waals surface area contributed by atoms with Gasteiger partial charge in [-0.05, 0) is 50.0 Å². The first kappa shape index (κ1) is 24.2. The number of hydrogen-bond donors (Lipinski definition) is 2. The van der Waals surface area contributed by atoms with Crippen molar-refractivity contribution in [3.8, 4) is 11.8 Å². The van der Waals surface area contributed by atoms with Crippen LogP contribution in [0.15, 0.2) is 68.9 Å². The van der Waals surface area contributed by atoms with Gasteiger partial charge in [0, 0.05) is 24.6 Å². The molecule has 0 spiro atoms. The topological polar surface area (TPSA) is 119 Å². The van der Waals surface area contributed by atoms with Crippen LogP contribution in [0.25, 0.3) is 11.0 Å². The van der Waals surface area contributed by atoms with Crippen molar-refractivity contribution in [3.05, 3.63) is 76.1 Å². The van der Waals surface area contributed by atoms with Crippen molar-refractivity contribution in [2.75, 3.05) is 19.6 Å². The van der Waals surface area contributed by atoms with Crippen LogP contribution in [0.4, 0.5) is 0 Å². The summed E-state index contributed by atoms with van der Waals surface area (Å²) < 4.78 is 5.56. The van der Waals surface area contributed by atoms with Gasteiger partial charge in [0.2, 0.25) is 0 Å². The molecule has 35 heavy (non-hydrogen) atoms. The first-order valence-corrected chi connectivity index (χ1v) is 11.8. The predicted molar refractivity (Wildman–Crippen MR) is 133 cm³/mol. The van der Waals surface area contributed by atoms with Crippen LogP contribution in [-0.4, -0.2) is 41.3 Å². The number of nitrogens with one attached hydrogen (secondary N) is 1. The Labute approximate surface area is 203 Å². The van der Waals surface area contributed by atoms with E-state index in [1.807, 2.05) is 36.4 Å². The molecular weight excluding hydrogens is 444 g/mol. The van der Waals surface area contributed by atoms with E-state index in [0.29, 0.717) is 29.5 Å². The molecule has 0 aliphatic carbocycles. The van der Waals surface area contributed by atoms with Gasteiger partial charge in [-0.2, -0.15) is 10.4 Å². The molecule has 1 saturated heterocycles. The number of carbonyl (C=O) groups is 1. The molecule has 1 fully saturated rings. The van der Waals surface area contributed by atoms with Crippen LogP contribution < -0.4 is 11.1 Å². The second-order valence-electron chi connectivity index (χ2n) is 8.66. The summed E-state index contributed by atoms with van der Waals surface area (Å²) in [7, 11) is 0. The number of hydrogen-bond acceptors (Lipinski definition) is 7. The minimum atomic E-state index is -0.609. The number of nitrogens with zero attached hydrogens (tertiary/aromatic N) is 3. The summed E-state index contributed by atoms with van der Waals surface area (Å²) in [5.74, 6) is -1.14. The van der Waals surface area contributed by atoms with Crippen LogP contribution in [-0.2, 0) is 4.79 Å². The maximum Gasteiger partial charge on any atom is 0.343 e. The molecule has 4 rings (SSSR count). The normalized spacial score (nSPS) is 15.1. The fourth-order valence-corrected chi connectivity index (χ4v) is 4.51. The maximum absolute atomic E-state index is 13.1. The number of rotatable bonds is 9. The van der Waals surface area contributed by atoms with E-state index in [9.17, 15) is 14.7 Å². The molecule has 2 aromatic carbocycles. The van der Waals surface area contributed by atoms with E-state index >= 15 is 0 Å². The average Bonchev–Trinajstić information content (AvgIpc) is 3.39. The number of aromatic hydroxyl groups is 1. The van der Waals surface area contributed by atoms with E-state index in [-0.39, 0.29) is 17.7 Å². The Morgan fingerprint density at radius 1 is 1.14 bits per heavy atom. The summed E-state index contributed by atoms with van der Waals surface area (Å²) in [6.07, 6.45) is 2.89. The second kappa shape index (κ2) is 11.4. The van der Waals surface area contributed by atoms with Gasteiger partial charge in [0.25, 0.3) is 5.91 Å². The molecule has 0 saturated carbocycles. The van der Waals surface area contributed by atoms with Gasteiger partial charge in [-0.1, -0.05) is 42.5 Å². The van der Waals surface area contributed by atoms with E-state index < -0.39 is 17.5 Å². The zero-order valence-electron chi connectivity index (χ0n) is 19.4. The summed E-state index contributed by atoms with van der Waals surface area (Å²) in [5.41, 5.74) is 3.83. The predicted octanol–water partition coefficient (Wildman–Crippen LogP) is 3.89. The number of amides is 1. The molecule has 0 radical (unpaired) electrons. The lowest BCUT2D eigenvalue weighted by Gasteiger charge is -2.21. The van der Waals surface area contributed by atoms with E-state index in [4.69, 9.17) is 9.68 Å². The quantitative estimate of drug-likeness (QED) is 0.277. The molecule has 8 nitrogen and oxygen atoms in total. The maximum atomic E-state index is 13.1. The third-order valence-corrected chi connectivity index (χ3v) is 6.30. The standard InChI is InChI=1S/C27H28N4O4/c28-14-12-24(32)30-29-20(13-17-31-15-6-7-16-31)18-22(19-8-2-1-3-9-19)25-26(33)21-10-4-5-11-23(21)35-27(25)34/h1-5,8-11,22,33H,6-7,12-13,15-18H2,(H,30,32)/b29-20-/t22-/m1/s1. The van der Waals surface area contributed by atoms with Crippen molar-refractivity contribution in [2.45, 2.75) is 38.0 Å². The molecule has 2 heterocycles. The fourth-order valence-electron chi connectivity index (χ4n) is 4.51. The zero-order valence-corrected chi connectivity index (χ0v) is 19.4. The number of fused-ring (bicyclic) bond motifs is 1. The average molecular weight is 473 g/mol.